The van der Waals surface area contributed by atoms with Gasteiger partial charge in [0.1, 0.15) is 5.75 Å². The molecule has 0 saturated heterocycles. The zero-order valence-corrected chi connectivity index (χ0v) is 26.1. The van der Waals surface area contributed by atoms with Crippen LogP contribution in [0.2, 0.25) is 0 Å². The van der Waals surface area contributed by atoms with Gasteiger partial charge in [-0.25, -0.2) is 9.59 Å². The topological polar surface area (TPSA) is 87.7 Å². The largest absolute Gasteiger partial charge is 0.465 e. The summed E-state index contributed by atoms with van der Waals surface area (Å²) in [6, 6.07) is 26.7. The van der Waals surface area contributed by atoms with Crippen molar-refractivity contribution in [2.45, 2.75) is 84.6 Å². The Balaban J connectivity index is 1.61. The van der Waals surface area contributed by atoms with Crippen molar-refractivity contribution >= 4 is 12.2 Å². The molecule has 4 rings (SSSR count). The molecule has 3 aromatic carbocycles. The first-order chi connectivity index (χ1) is 19.6. The summed E-state index contributed by atoms with van der Waals surface area (Å²) in [5.74, 6) is 0.522. The van der Waals surface area contributed by atoms with Gasteiger partial charge in [0.25, 0.3) is 0 Å². The maximum Gasteiger partial charge on any atom is 0.412 e. The number of hydrogen-bond donors (Lipinski definition) is 3. The number of hydrogen-bond acceptors (Lipinski definition) is 3. The van der Waals surface area contributed by atoms with Gasteiger partial charge in [-0.2, -0.15) is 0 Å². The molecule has 1 fully saturated rings. The van der Waals surface area contributed by atoms with Crippen molar-refractivity contribution in [3.63, 3.8) is 0 Å². The standard InChI is InChI=1S/C36H46N2O4/c1-33(2)21-28(38-31(39)40)22-36(7,23-33)24-37-32(41)42-30-19-18-27(34(3,4)25-14-10-8-11-15-25)20-29(30)35(5,6)26-16-12-9-13-17-26/h8-20,28,38H,21-24H2,1-7H3,(H,37,41)(H,39,40). The van der Waals surface area contributed by atoms with E-state index in [-0.39, 0.29) is 22.3 Å². The second-order valence-electron chi connectivity index (χ2n) is 14.1. The molecule has 0 aromatic heterocycles. The molecule has 3 N–H and O–H groups in total. The number of amides is 2. The van der Waals surface area contributed by atoms with Crippen molar-refractivity contribution in [3.05, 3.63) is 101 Å². The van der Waals surface area contributed by atoms with Gasteiger partial charge in [-0.15, -0.1) is 0 Å². The van der Waals surface area contributed by atoms with Gasteiger partial charge in [-0.3, -0.25) is 0 Å². The van der Waals surface area contributed by atoms with Gasteiger partial charge in [-0.05, 0) is 52.8 Å². The van der Waals surface area contributed by atoms with Crippen LogP contribution in [0.15, 0.2) is 78.9 Å². The second-order valence-corrected chi connectivity index (χ2v) is 14.1. The predicted octanol–water partition coefficient (Wildman–Crippen LogP) is 8.28. The van der Waals surface area contributed by atoms with Crippen molar-refractivity contribution in [2.75, 3.05) is 6.54 Å². The Morgan fingerprint density at radius 2 is 1.40 bits per heavy atom. The van der Waals surface area contributed by atoms with Crippen LogP contribution in [0.3, 0.4) is 0 Å². The van der Waals surface area contributed by atoms with E-state index in [1.54, 1.807) is 0 Å². The van der Waals surface area contributed by atoms with Crippen LogP contribution in [0.5, 0.6) is 5.75 Å². The fourth-order valence-corrected chi connectivity index (χ4v) is 6.99. The molecule has 6 heteroatoms. The van der Waals surface area contributed by atoms with Crippen LogP contribution in [0.4, 0.5) is 9.59 Å². The van der Waals surface area contributed by atoms with Crippen molar-refractivity contribution in [1.82, 2.24) is 10.6 Å². The Morgan fingerprint density at radius 1 is 0.833 bits per heavy atom. The van der Waals surface area contributed by atoms with E-state index in [9.17, 15) is 14.7 Å². The number of carboxylic acid groups (broad SMARTS) is 1. The highest BCUT2D eigenvalue weighted by Crippen LogP contribution is 2.46. The summed E-state index contributed by atoms with van der Waals surface area (Å²) in [4.78, 5) is 24.6. The summed E-state index contributed by atoms with van der Waals surface area (Å²) in [6.07, 6.45) is 0.761. The normalized spacial score (nSPS) is 20.4. The Hall–Kier alpha value is -3.80. The first kappa shape index (κ1) is 31.1. The summed E-state index contributed by atoms with van der Waals surface area (Å²) in [6.45, 7) is 15.5. The molecule has 224 valence electrons. The molecule has 0 heterocycles. The molecule has 0 radical (unpaired) electrons. The summed E-state index contributed by atoms with van der Waals surface area (Å²) >= 11 is 0. The van der Waals surface area contributed by atoms with Crippen molar-refractivity contribution in [3.8, 4) is 5.75 Å². The average molecular weight is 571 g/mol. The van der Waals surface area contributed by atoms with Gasteiger partial charge in [0.15, 0.2) is 0 Å². The van der Waals surface area contributed by atoms with E-state index >= 15 is 0 Å². The fraction of sp³-hybridized carbons (Fsp3) is 0.444. The van der Waals surface area contributed by atoms with E-state index < -0.39 is 17.6 Å². The van der Waals surface area contributed by atoms with Crippen LogP contribution < -0.4 is 15.4 Å². The highest BCUT2D eigenvalue weighted by atomic mass is 16.6. The van der Waals surface area contributed by atoms with Crippen LogP contribution in [0.1, 0.15) is 90.0 Å². The Kier molecular flexibility index (Phi) is 8.77. The SMILES string of the molecule is CC1(C)CC(NC(=O)O)CC(C)(CNC(=O)Oc2ccc(C(C)(C)c3ccccc3)cc2C(C)(C)c2ccccc2)C1. The first-order valence-electron chi connectivity index (χ1n) is 14.8. The Morgan fingerprint density at radius 3 is 1.98 bits per heavy atom. The van der Waals surface area contributed by atoms with Gasteiger partial charge in [0, 0.05) is 29.0 Å². The third-order valence-electron chi connectivity index (χ3n) is 9.00. The monoisotopic (exact) mass is 570 g/mol. The molecule has 2 unspecified atom stereocenters. The number of ether oxygens (including phenoxy) is 1. The molecule has 2 atom stereocenters. The van der Waals surface area contributed by atoms with Crippen molar-refractivity contribution in [2.24, 2.45) is 10.8 Å². The smallest absolute Gasteiger partial charge is 0.412 e. The molecule has 2 amide bonds. The predicted molar refractivity (Wildman–Crippen MR) is 168 cm³/mol. The number of benzene rings is 3. The van der Waals surface area contributed by atoms with Gasteiger partial charge in [-0.1, -0.05) is 121 Å². The molecular weight excluding hydrogens is 524 g/mol. The average Bonchev–Trinajstić information content (AvgIpc) is 2.91. The summed E-state index contributed by atoms with van der Waals surface area (Å²) in [7, 11) is 0. The van der Waals surface area contributed by atoms with Gasteiger partial charge in [0.05, 0.1) is 0 Å². The third kappa shape index (κ3) is 7.15. The summed E-state index contributed by atoms with van der Waals surface area (Å²) in [5.41, 5.74) is 3.37. The van der Waals surface area contributed by atoms with Gasteiger partial charge < -0.3 is 20.5 Å². The molecular formula is C36H46N2O4. The summed E-state index contributed by atoms with van der Waals surface area (Å²) in [5, 5.41) is 15.0. The molecule has 0 bridgehead atoms. The minimum absolute atomic E-state index is 0.0556. The third-order valence-corrected chi connectivity index (χ3v) is 9.00. The molecule has 1 saturated carbocycles. The van der Waals surface area contributed by atoms with Crippen LogP contribution in [0, 0.1) is 10.8 Å². The van der Waals surface area contributed by atoms with E-state index in [4.69, 9.17) is 4.74 Å². The lowest BCUT2D eigenvalue weighted by atomic mass is 9.62. The molecule has 42 heavy (non-hydrogen) atoms. The lowest BCUT2D eigenvalue weighted by Crippen LogP contribution is -2.50. The zero-order valence-electron chi connectivity index (χ0n) is 26.1. The van der Waals surface area contributed by atoms with Gasteiger partial charge >= 0.3 is 12.2 Å². The molecule has 1 aliphatic carbocycles. The van der Waals surface area contributed by atoms with E-state index in [0.29, 0.717) is 18.7 Å². The van der Waals surface area contributed by atoms with Crippen LogP contribution in [-0.2, 0) is 10.8 Å². The molecule has 0 spiro atoms. The second kappa shape index (κ2) is 11.8. The summed E-state index contributed by atoms with van der Waals surface area (Å²) < 4.78 is 6.05. The quantitative estimate of drug-likeness (QED) is 0.254. The molecule has 1 aliphatic rings. The minimum atomic E-state index is -1.01. The lowest BCUT2D eigenvalue weighted by Gasteiger charge is -2.46. The molecule has 6 nitrogen and oxygen atoms in total. The maximum atomic E-state index is 13.3. The first-order valence-corrected chi connectivity index (χ1v) is 14.8. The zero-order chi connectivity index (χ0) is 30.8. The minimum Gasteiger partial charge on any atom is -0.465 e. The number of carbonyl (C=O) groups excluding carboxylic acids is 1. The van der Waals surface area contributed by atoms with E-state index in [2.05, 4.69) is 102 Å². The molecule has 3 aromatic rings. The Bertz CT molecular complexity index is 1400. The number of carbonyl (C=O) groups is 2. The van der Waals surface area contributed by atoms with Gasteiger partial charge in [0.2, 0.25) is 0 Å². The van der Waals surface area contributed by atoms with Crippen LogP contribution >= 0.6 is 0 Å². The Labute approximate surface area is 250 Å². The highest BCUT2D eigenvalue weighted by molar-refractivity contribution is 5.71. The van der Waals surface area contributed by atoms with Crippen molar-refractivity contribution < 1.29 is 19.4 Å². The lowest BCUT2D eigenvalue weighted by molar-refractivity contribution is 0.0695. The maximum absolute atomic E-state index is 13.3. The van der Waals surface area contributed by atoms with Crippen LogP contribution in [0.25, 0.3) is 0 Å². The van der Waals surface area contributed by atoms with E-state index in [0.717, 1.165) is 29.5 Å². The number of nitrogens with one attached hydrogen (secondary N) is 2. The van der Waals surface area contributed by atoms with Crippen LogP contribution in [-0.4, -0.2) is 29.9 Å². The van der Waals surface area contributed by atoms with E-state index in [1.807, 2.05) is 36.4 Å². The fourth-order valence-electron chi connectivity index (χ4n) is 6.99. The highest BCUT2D eigenvalue weighted by Gasteiger charge is 2.42. The number of rotatable bonds is 8. The van der Waals surface area contributed by atoms with Crippen molar-refractivity contribution in [1.29, 1.82) is 0 Å². The molecule has 0 aliphatic heterocycles. The van der Waals surface area contributed by atoms with E-state index in [1.165, 1.54) is 5.56 Å².